The van der Waals surface area contributed by atoms with E-state index in [1.165, 1.54) is 16.7 Å². The number of aromatic carboxylic acids is 1. The van der Waals surface area contributed by atoms with Gasteiger partial charge in [0, 0.05) is 16.8 Å². The number of aromatic nitrogens is 1. The zero-order valence-corrected chi connectivity index (χ0v) is 12.4. The molecular formula is C14H14N2O4S. The van der Waals surface area contributed by atoms with Gasteiger partial charge in [-0.25, -0.2) is 4.79 Å². The minimum absolute atomic E-state index is 0.0924. The Labute approximate surface area is 124 Å². The number of aryl methyl sites for hydroxylation is 2. The van der Waals surface area contributed by atoms with Crippen LogP contribution in [-0.4, -0.2) is 21.6 Å². The van der Waals surface area contributed by atoms with E-state index >= 15 is 0 Å². The summed E-state index contributed by atoms with van der Waals surface area (Å²) in [6, 6.07) is 4.50. The zero-order chi connectivity index (χ0) is 15.6. The highest BCUT2D eigenvalue weighted by molar-refractivity contribution is 7.07. The number of rotatable bonds is 4. The second-order valence-electron chi connectivity index (χ2n) is 4.61. The Morgan fingerprint density at radius 3 is 2.62 bits per heavy atom. The van der Waals surface area contributed by atoms with Crippen LogP contribution in [0.25, 0.3) is 0 Å². The molecule has 2 rings (SSSR count). The summed E-state index contributed by atoms with van der Waals surface area (Å²) in [5.74, 6) is -1.43. The Morgan fingerprint density at radius 1 is 1.33 bits per heavy atom. The lowest BCUT2D eigenvalue weighted by Crippen LogP contribution is -2.25. The van der Waals surface area contributed by atoms with Crippen molar-refractivity contribution in [3.8, 4) is 0 Å². The SMILES string of the molecule is Cc1ccc(C(=O)O)cc1NC(=O)Cn1c(C)csc1=O. The lowest BCUT2D eigenvalue weighted by molar-refractivity contribution is -0.116. The first-order valence-corrected chi connectivity index (χ1v) is 7.05. The molecule has 0 aliphatic carbocycles. The van der Waals surface area contributed by atoms with Gasteiger partial charge in [0.25, 0.3) is 0 Å². The number of carbonyl (C=O) groups excluding carboxylic acids is 1. The largest absolute Gasteiger partial charge is 0.478 e. The van der Waals surface area contributed by atoms with Crippen LogP contribution in [0.5, 0.6) is 0 Å². The smallest absolute Gasteiger partial charge is 0.335 e. The fourth-order valence-electron chi connectivity index (χ4n) is 1.82. The number of carboxylic acid groups (broad SMARTS) is 1. The fraction of sp³-hybridized carbons (Fsp3) is 0.214. The van der Waals surface area contributed by atoms with E-state index in [9.17, 15) is 14.4 Å². The van der Waals surface area contributed by atoms with Gasteiger partial charge in [-0.2, -0.15) is 0 Å². The van der Waals surface area contributed by atoms with Crippen molar-refractivity contribution in [1.29, 1.82) is 0 Å². The molecule has 0 aliphatic heterocycles. The molecule has 0 radical (unpaired) electrons. The molecule has 0 saturated carbocycles. The van der Waals surface area contributed by atoms with Crippen LogP contribution in [0, 0.1) is 13.8 Å². The summed E-state index contributed by atoms with van der Waals surface area (Å²) in [5.41, 5.74) is 2.00. The number of hydrogen-bond donors (Lipinski definition) is 2. The van der Waals surface area contributed by atoms with E-state index in [1.807, 2.05) is 0 Å². The minimum Gasteiger partial charge on any atom is -0.478 e. The van der Waals surface area contributed by atoms with E-state index in [0.717, 1.165) is 22.6 Å². The quantitative estimate of drug-likeness (QED) is 0.902. The molecule has 110 valence electrons. The molecule has 1 aromatic carbocycles. The van der Waals surface area contributed by atoms with Crippen molar-refractivity contribution in [2.45, 2.75) is 20.4 Å². The molecule has 21 heavy (non-hydrogen) atoms. The third kappa shape index (κ3) is 3.38. The number of thiazole rings is 1. The number of anilines is 1. The summed E-state index contributed by atoms with van der Waals surface area (Å²) >= 11 is 1.04. The average Bonchev–Trinajstić information content (AvgIpc) is 2.73. The normalized spacial score (nSPS) is 10.4. The van der Waals surface area contributed by atoms with Crippen molar-refractivity contribution in [3.63, 3.8) is 0 Å². The van der Waals surface area contributed by atoms with Crippen LogP contribution < -0.4 is 10.2 Å². The maximum Gasteiger partial charge on any atom is 0.335 e. The van der Waals surface area contributed by atoms with Gasteiger partial charge in [0.2, 0.25) is 5.91 Å². The number of nitrogens with one attached hydrogen (secondary N) is 1. The van der Waals surface area contributed by atoms with Gasteiger partial charge in [-0.3, -0.25) is 14.2 Å². The predicted molar refractivity (Wildman–Crippen MR) is 80.1 cm³/mol. The lowest BCUT2D eigenvalue weighted by atomic mass is 10.1. The van der Waals surface area contributed by atoms with Gasteiger partial charge in [-0.05, 0) is 31.5 Å². The lowest BCUT2D eigenvalue weighted by Gasteiger charge is -2.10. The van der Waals surface area contributed by atoms with Crippen LogP contribution in [-0.2, 0) is 11.3 Å². The summed E-state index contributed by atoms with van der Waals surface area (Å²) in [7, 11) is 0. The van der Waals surface area contributed by atoms with E-state index in [-0.39, 0.29) is 22.9 Å². The van der Waals surface area contributed by atoms with Crippen LogP contribution in [0.15, 0.2) is 28.4 Å². The summed E-state index contributed by atoms with van der Waals surface area (Å²) in [6.45, 7) is 3.43. The summed E-state index contributed by atoms with van der Waals surface area (Å²) < 4.78 is 1.37. The van der Waals surface area contributed by atoms with E-state index in [0.29, 0.717) is 5.69 Å². The molecule has 6 nitrogen and oxygen atoms in total. The molecule has 0 atom stereocenters. The number of carboxylic acids is 1. The van der Waals surface area contributed by atoms with Crippen LogP contribution in [0.2, 0.25) is 0 Å². The summed E-state index contributed by atoms with van der Waals surface area (Å²) in [6.07, 6.45) is 0. The molecule has 0 unspecified atom stereocenters. The first-order valence-electron chi connectivity index (χ1n) is 6.17. The minimum atomic E-state index is -1.06. The fourth-order valence-corrected chi connectivity index (χ4v) is 2.55. The van der Waals surface area contributed by atoms with Crippen LogP contribution >= 0.6 is 11.3 Å². The molecule has 1 heterocycles. The molecule has 0 saturated heterocycles. The highest BCUT2D eigenvalue weighted by Gasteiger charge is 2.11. The number of hydrogen-bond acceptors (Lipinski definition) is 4. The Bertz CT molecular complexity index is 761. The van der Waals surface area contributed by atoms with Gasteiger partial charge in [0.15, 0.2) is 0 Å². The van der Waals surface area contributed by atoms with Gasteiger partial charge in [-0.1, -0.05) is 17.4 Å². The first-order chi connectivity index (χ1) is 9.88. The Kier molecular flexibility index (Phi) is 4.23. The predicted octanol–water partition coefficient (Wildman–Crippen LogP) is 1.86. The van der Waals surface area contributed by atoms with Crippen LogP contribution in [0.3, 0.4) is 0 Å². The van der Waals surface area contributed by atoms with Crippen LogP contribution in [0.1, 0.15) is 21.6 Å². The molecule has 0 aliphatic rings. The topological polar surface area (TPSA) is 88.4 Å². The van der Waals surface area contributed by atoms with Gasteiger partial charge in [0.05, 0.1) is 5.56 Å². The third-order valence-electron chi connectivity index (χ3n) is 3.04. The summed E-state index contributed by atoms with van der Waals surface area (Å²) in [4.78, 5) is 34.3. The summed E-state index contributed by atoms with van der Waals surface area (Å²) in [5, 5.41) is 13.3. The molecule has 0 spiro atoms. The number of nitrogens with zero attached hydrogens (tertiary/aromatic N) is 1. The molecule has 0 fully saturated rings. The highest BCUT2D eigenvalue weighted by Crippen LogP contribution is 2.17. The second kappa shape index (κ2) is 5.92. The Balaban J connectivity index is 2.18. The van der Waals surface area contributed by atoms with E-state index in [2.05, 4.69) is 5.32 Å². The van der Waals surface area contributed by atoms with E-state index in [4.69, 9.17) is 5.11 Å². The number of amides is 1. The van der Waals surface area contributed by atoms with Crippen molar-refractivity contribution < 1.29 is 14.7 Å². The van der Waals surface area contributed by atoms with Crippen molar-refractivity contribution in [2.24, 2.45) is 0 Å². The van der Waals surface area contributed by atoms with Crippen molar-refractivity contribution in [2.75, 3.05) is 5.32 Å². The zero-order valence-electron chi connectivity index (χ0n) is 11.5. The molecule has 2 N–H and O–H groups in total. The van der Waals surface area contributed by atoms with E-state index < -0.39 is 5.97 Å². The van der Waals surface area contributed by atoms with Crippen LogP contribution in [0.4, 0.5) is 5.69 Å². The van der Waals surface area contributed by atoms with Gasteiger partial charge >= 0.3 is 10.8 Å². The highest BCUT2D eigenvalue weighted by atomic mass is 32.1. The Morgan fingerprint density at radius 2 is 2.05 bits per heavy atom. The Hall–Kier alpha value is -2.41. The molecule has 0 bridgehead atoms. The molecule has 2 aromatic rings. The van der Waals surface area contributed by atoms with Crippen molar-refractivity contribution >= 4 is 28.9 Å². The molecule has 1 aromatic heterocycles. The molecule has 7 heteroatoms. The van der Waals surface area contributed by atoms with E-state index in [1.54, 1.807) is 25.3 Å². The monoisotopic (exact) mass is 306 g/mol. The second-order valence-corrected chi connectivity index (χ2v) is 5.43. The molecular weight excluding hydrogens is 292 g/mol. The number of benzene rings is 1. The first kappa shape index (κ1) is 15.0. The van der Waals surface area contributed by atoms with Gasteiger partial charge < -0.3 is 10.4 Å². The van der Waals surface area contributed by atoms with Crippen molar-refractivity contribution in [1.82, 2.24) is 4.57 Å². The third-order valence-corrected chi connectivity index (χ3v) is 3.92. The van der Waals surface area contributed by atoms with Gasteiger partial charge in [0.1, 0.15) is 6.54 Å². The maximum absolute atomic E-state index is 12.0. The number of carbonyl (C=O) groups is 2. The van der Waals surface area contributed by atoms with Crippen molar-refractivity contribution in [3.05, 3.63) is 50.1 Å². The standard InChI is InChI=1S/C14H14N2O4S/c1-8-3-4-10(13(18)19)5-11(8)15-12(17)6-16-9(2)7-21-14(16)20/h3-5,7H,6H2,1-2H3,(H,15,17)(H,18,19). The maximum atomic E-state index is 12.0. The average molecular weight is 306 g/mol. The molecule has 1 amide bonds. The van der Waals surface area contributed by atoms with Gasteiger partial charge in [-0.15, -0.1) is 0 Å².